The lowest BCUT2D eigenvalue weighted by Gasteiger charge is -2.15. The Morgan fingerprint density at radius 3 is 2.68 bits per heavy atom. The van der Waals surface area contributed by atoms with Gasteiger partial charge in [-0.1, -0.05) is 50.1 Å². The molecule has 2 aromatic rings. The summed E-state index contributed by atoms with van der Waals surface area (Å²) in [7, 11) is 0. The van der Waals surface area contributed by atoms with E-state index in [9.17, 15) is 9.18 Å². The predicted octanol–water partition coefficient (Wildman–Crippen LogP) is 6.59. The van der Waals surface area contributed by atoms with Crippen LogP contribution in [0, 0.1) is 5.82 Å². The Morgan fingerprint density at radius 2 is 2.06 bits per heavy atom. The third-order valence-corrected chi connectivity index (χ3v) is 5.43. The van der Waals surface area contributed by atoms with Crippen molar-refractivity contribution in [1.29, 1.82) is 0 Å². The smallest absolute Gasteiger partial charge is 0.211 e. The number of hydrogen-bond acceptors (Lipinski definition) is 4. The largest absolute Gasteiger partial charge is 0.365 e. The van der Waals surface area contributed by atoms with Gasteiger partial charge in [0.25, 0.3) is 0 Å². The lowest BCUT2D eigenvalue weighted by Crippen LogP contribution is -2.08. The highest BCUT2D eigenvalue weighted by atomic mass is 35.5. The van der Waals surface area contributed by atoms with Crippen LogP contribution >= 0.6 is 11.6 Å². The van der Waals surface area contributed by atoms with Gasteiger partial charge in [0.05, 0.1) is 22.6 Å². The monoisotopic (exact) mass is 482 g/mol. The number of amides is 1. The molecule has 0 aliphatic carbocycles. The lowest BCUT2D eigenvalue weighted by atomic mass is 9.91. The fourth-order valence-electron chi connectivity index (χ4n) is 3.37. The number of nitrogens with zero attached hydrogens (tertiary/aromatic N) is 2. The van der Waals surface area contributed by atoms with Crippen molar-refractivity contribution < 1.29 is 9.18 Å². The molecule has 1 heterocycles. The fourth-order valence-corrected chi connectivity index (χ4v) is 3.49. The van der Waals surface area contributed by atoms with E-state index in [4.69, 9.17) is 16.6 Å². The van der Waals surface area contributed by atoms with Gasteiger partial charge >= 0.3 is 0 Å². The minimum atomic E-state index is -0.442. The highest BCUT2D eigenvalue weighted by molar-refractivity contribution is 6.30. The van der Waals surface area contributed by atoms with E-state index in [0.29, 0.717) is 13.1 Å². The standard InChI is InChI=1S/C27H32ClFN4O/c1-4-7-20(21-9-12-25(28)26(29)16-21)15-22(13-14-30-19-34)27(8-5-2)33-18-32-24-11-10-23(6-3)31-17-24/h5,8-17,19-20,32H,4,6-7,18H2,1-3H3,(H,30,34)/b8-5-,14-13-,22-15-,33-27?. The number of aliphatic imine (C=N–C) groups is 1. The molecule has 0 aliphatic rings. The number of anilines is 1. The quantitative estimate of drug-likeness (QED) is 0.192. The SMILES string of the molecule is C/C=C\C(=NCNc1ccc(CC)nc1)C(/C=C\NC=O)=C\C(CCC)c1ccc(Cl)c(F)c1. The molecule has 180 valence electrons. The molecule has 34 heavy (non-hydrogen) atoms. The van der Waals surface area contributed by atoms with Crippen LogP contribution in [-0.2, 0) is 11.2 Å². The molecule has 0 bridgehead atoms. The molecule has 2 N–H and O–H groups in total. The summed E-state index contributed by atoms with van der Waals surface area (Å²) < 4.78 is 14.2. The van der Waals surface area contributed by atoms with Crippen molar-refractivity contribution in [1.82, 2.24) is 10.3 Å². The maximum atomic E-state index is 14.2. The molecule has 2 rings (SSSR count). The van der Waals surface area contributed by atoms with Crippen molar-refractivity contribution in [3.8, 4) is 0 Å². The summed E-state index contributed by atoms with van der Waals surface area (Å²) in [5.74, 6) is -0.496. The summed E-state index contributed by atoms with van der Waals surface area (Å²) in [6.07, 6.45) is 14.2. The molecular weight excluding hydrogens is 451 g/mol. The van der Waals surface area contributed by atoms with E-state index in [1.54, 1.807) is 24.5 Å². The van der Waals surface area contributed by atoms with Crippen molar-refractivity contribution in [2.75, 3.05) is 12.0 Å². The van der Waals surface area contributed by atoms with Crippen LogP contribution in [0.25, 0.3) is 0 Å². The summed E-state index contributed by atoms with van der Waals surface area (Å²) >= 11 is 5.89. The first kappa shape index (κ1) is 27.0. The van der Waals surface area contributed by atoms with Crippen molar-refractivity contribution >= 4 is 29.4 Å². The lowest BCUT2D eigenvalue weighted by molar-refractivity contribution is -0.108. The Hall–Kier alpha value is -3.25. The molecule has 0 spiro atoms. The van der Waals surface area contributed by atoms with E-state index in [0.717, 1.165) is 47.5 Å². The molecule has 1 aromatic heterocycles. The van der Waals surface area contributed by atoms with E-state index in [1.807, 2.05) is 43.4 Å². The minimum absolute atomic E-state index is 0.0538. The first-order valence-electron chi connectivity index (χ1n) is 11.4. The molecule has 1 atom stereocenters. The van der Waals surface area contributed by atoms with Gasteiger partial charge in [-0.3, -0.25) is 14.8 Å². The number of pyridine rings is 1. The van der Waals surface area contributed by atoms with Gasteiger partial charge in [0.15, 0.2) is 0 Å². The van der Waals surface area contributed by atoms with Crippen molar-refractivity contribution in [3.63, 3.8) is 0 Å². The number of hydrogen-bond donors (Lipinski definition) is 2. The van der Waals surface area contributed by atoms with Crippen molar-refractivity contribution in [2.45, 2.75) is 46.0 Å². The van der Waals surface area contributed by atoms with E-state index in [2.05, 4.69) is 29.5 Å². The van der Waals surface area contributed by atoms with Crippen LogP contribution in [0.5, 0.6) is 0 Å². The average molecular weight is 483 g/mol. The van der Waals surface area contributed by atoms with Gasteiger partial charge in [0.2, 0.25) is 6.41 Å². The molecule has 0 fully saturated rings. The minimum Gasteiger partial charge on any atom is -0.365 e. The maximum absolute atomic E-state index is 14.2. The normalized spacial score (nSPS) is 13.4. The van der Waals surface area contributed by atoms with Gasteiger partial charge < -0.3 is 10.6 Å². The molecular formula is C27H32ClFN4O. The van der Waals surface area contributed by atoms with Gasteiger partial charge in [0, 0.05) is 17.8 Å². The number of carbonyl (C=O) groups excluding carboxylic acids is 1. The zero-order valence-corrected chi connectivity index (χ0v) is 20.6. The number of nitrogens with one attached hydrogen (secondary N) is 2. The summed E-state index contributed by atoms with van der Waals surface area (Å²) in [5.41, 5.74) is 4.28. The predicted molar refractivity (Wildman–Crippen MR) is 140 cm³/mol. The number of allylic oxidation sites excluding steroid dienone is 5. The Labute approximate surface area is 206 Å². The first-order chi connectivity index (χ1) is 16.5. The van der Waals surface area contributed by atoms with E-state index >= 15 is 0 Å². The summed E-state index contributed by atoms with van der Waals surface area (Å²) in [6, 6.07) is 8.86. The fraction of sp³-hybridized carbons (Fsp3) is 0.296. The maximum Gasteiger partial charge on any atom is 0.211 e. The Kier molecular flexibility index (Phi) is 11.8. The zero-order chi connectivity index (χ0) is 24.8. The molecule has 0 saturated carbocycles. The van der Waals surface area contributed by atoms with Crippen LogP contribution in [0.2, 0.25) is 5.02 Å². The third-order valence-electron chi connectivity index (χ3n) is 5.12. The molecule has 0 aliphatic heterocycles. The van der Waals surface area contributed by atoms with Gasteiger partial charge in [-0.2, -0.15) is 0 Å². The van der Waals surface area contributed by atoms with E-state index < -0.39 is 5.82 Å². The number of carbonyl (C=O) groups is 1. The molecule has 0 radical (unpaired) electrons. The average Bonchev–Trinajstić information content (AvgIpc) is 2.84. The van der Waals surface area contributed by atoms with Crippen LogP contribution in [0.1, 0.15) is 50.8 Å². The second-order valence-corrected chi connectivity index (χ2v) is 7.99. The summed E-state index contributed by atoms with van der Waals surface area (Å²) in [5, 5.41) is 5.91. The van der Waals surface area contributed by atoms with Gasteiger partial charge in [-0.15, -0.1) is 0 Å². The van der Waals surface area contributed by atoms with Gasteiger partial charge in [0.1, 0.15) is 12.5 Å². The summed E-state index contributed by atoms with van der Waals surface area (Å²) in [6.45, 7) is 6.40. The van der Waals surface area contributed by atoms with Crippen molar-refractivity contribution in [3.05, 3.63) is 94.7 Å². The molecule has 1 aromatic carbocycles. The van der Waals surface area contributed by atoms with Crippen molar-refractivity contribution in [2.24, 2.45) is 4.99 Å². The Bertz CT molecular complexity index is 1050. The Balaban J connectivity index is 2.38. The van der Waals surface area contributed by atoms with E-state index in [1.165, 1.54) is 6.07 Å². The number of aryl methyl sites for hydroxylation is 1. The second kappa shape index (κ2) is 14.8. The van der Waals surface area contributed by atoms with E-state index in [-0.39, 0.29) is 10.9 Å². The molecule has 1 amide bonds. The number of halogens is 2. The summed E-state index contributed by atoms with van der Waals surface area (Å²) in [4.78, 5) is 19.9. The number of benzene rings is 1. The zero-order valence-electron chi connectivity index (χ0n) is 19.9. The van der Waals surface area contributed by atoms with Crippen LogP contribution in [0.3, 0.4) is 0 Å². The number of rotatable bonds is 13. The van der Waals surface area contributed by atoms with Gasteiger partial charge in [-0.05, 0) is 67.3 Å². The molecule has 5 nitrogen and oxygen atoms in total. The molecule has 7 heteroatoms. The Morgan fingerprint density at radius 1 is 1.24 bits per heavy atom. The topological polar surface area (TPSA) is 66.4 Å². The molecule has 1 unspecified atom stereocenters. The molecule has 0 saturated heterocycles. The van der Waals surface area contributed by atoms with Crippen LogP contribution in [0.4, 0.5) is 10.1 Å². The second-order valence-electron chi connectivity index (χ2n) is 7.58. The van der Waals surface area contributed by atoms with Crippen LogP contribution in [-0.4, -0.2) is 23.8 Å². The third kappa shape index (κ3) is 8.60. The highest BCUT2D eigenvalue weighted by Crippen LogP contribution is 2.28. The number of aromatic nitrogens is 1. The van der Waals surface area contributed by atoms with Gasteiger partial charge in [-0.25, -0.2) is 4.39 Å². The first-order valence-corrected chi connectivity index (χ1v) is 11.8. The van der Waals surface area contributed by atoms with Crippen LogP contribution in [0.15, 0.2) is 77.6 Å². The highest BCUT2D eigenvalue weighted by Gasteiger charge is 2.13. The van der Waals surface area contributed by atoms with Crippen LogP contribution < -0.4 is 10.6 Å².